The molecule has 1 heterocycles. The van der Waals surface area contributed by atoms with Gasteiger partial charge in [0.05, 0.1) is 10.6 Å². The lowest BCUT2D eigenvalue weighted by Gasteiger charge is -2.03. The Morgan fingerprint density at radius 1 is 1.41 bits per heavy atom. The summed E-state index contributed by atoms with van der Waals surface area (Å²) >= 11 is 0. The molecule has 0 aliphatic carbocycles. The molecule has 5 nitrogen and oxygen atoms in total. The van der Waals surface area contributed by atoms with Crippen molar-refractivity contribution in [2.24, 2.45) is 0 Å². The first-order valence-electron chi connectivity index (χ1n) is 5.29. The third-order valence-electron chi connectivity index (χ3n) is 2.14. The van der Waals surface area contributed by atoms with Crippen LogP contribution in [0.4, 0.5) is 0 Å². The highest BCUT2D eigenvalue weighted by atomic mass is 16.6. The van der Waals surface area contributed by atoms with E-state index in [0.717, 1.165) is 11.1 Å². The van der Waals surface area contributed by atoms with Crippen LogP contribution in [0, 0.1) is 29.4 Å². The Balaban J connectivity index is 0.00000121. The Bertz CT molecular complexity index is 453. The van der Waals surface area contributed by atoms with E-state index in [1.807, 2.05) is 27.7 Å². The second-order valence-corrected chi connectivity index (χ2v) is 3.23. The molecule has 0 atom stereocenters. The molecule has 0 aliphatic rings. The minimum absolute atomic E-state index is 0.247. The van der Waals surface area contributed by atoms with Crippen LogP contribution in [0.15, 0.2) is 24.5 Å². The zero-order chi connectivity index (χ0) is 13.6. The molecule has 0 saturated carbocycles. The summed E-state index contributed by atoms with van der Waals surface area (Å²) in [5, 5.41) is 17.9. The smallest absolute Gasteiger partial charge is 0.289 e. The van der Waals surface area contributed by atoms with Gasteiger partial charge in [0.25, 0.3) is 5.70 Å². The molecule has 92 valence electrons. The van der Waals surface area contributed by atoms with Gasteiger partial charge >= 0.3 is 0 Å². The summed E-state index contributed by atoms with van der Waals surface area (Å²) in [6.45, 7) is 11.0. The summed E-state index contributed by atoms with van der Waals surface area (Å²) in [5.41, 5.74) is 1.52. The van der Waals surface area contributed by atoms with Crippen LogP contribution in [-0.2, 0) is 0 Å². The van der Waals surface area contributed by atoms with Crippen molar-refractivity contribution in [1.82, 2.24) is 4.98 Å². The van der Waals surface area contributed by atoms with Crippen molar-refractivity contribution in [1.29, 1.82) is 5.41 Å². The normalized spacial score (nSPS) is 8.94. The van der Waals surface area contributed by atoms with Crippen LogP contribution in [0.3, 0.4) is 0 Å². The lowest BCUT2D eigenvalue weighted by atomic mass is 10.1. The number of aromatic nitrogens is 1. The van der Waals surface area contributed by atoms with Gasteiger partial charge < -0.3 is 0 Å². The first-order valence-corrected chi connectivity index (χ1v) is 5.29. The lowest BCUT2D eigenvalue weighted by Crippen LogP contribution is -2.12. The number of nitro groups is 1. The molecule has 1 aromatic rings. The monoisotopic (exact) mass is 235 g/mol. The number of rotatable bonds is 3. The van der Waals surface area contributed by atoms with Crippen LogP contribution in [0.5, 0.6) is 0 Å². The summed E-state index contributed by atoms with van der Waals surface area (Å²) in [4.78, 5) is 13.7. The molecule has 1 N–H and O–H groups in total. The van der Waals surface area contributed by atoms with Crippen molar-refractivity contribution in [3.8, 4) is 0 Å². The number of pyridine rings is 1. The molecule has 0 aromatic carbocycles. The SMILES string of the molecule is C=C(C(=N)c1cc(C)c(C)cn1)[N+](=O)[O-].CC. The number of nitrogens with one attached hydrogen (secondary N) is 1. The van der Waals surface area contributed by atoms with Crippen molar-refractivity contribution >= 4 is 5.71 Å². The van der Waals surface area contributed by atoms with Crippen molar-refractivity contribution in [3.05, 3.63) is 51.5 Å². The van der Waals surface area contributed by atoms with Gasteiger partial charge in [-0.1, -0.05) is 13.8 Å². The minimum Gasteiger partial charge on any atom is -0.292 e. The van der Waals surface area contributed by atoms with Crippen molar-refractivity contribution in [3.63, 3.8) is 0 Å². The predicted molar refractivity (Wildman–Crippen MR) is 68.0 cm³/mol. The largest absolute Gasteiger partial charge is 0.292 e. The fraction of sp³-hybridized carbons (Fsp3) is 0.333. The summed E-state index contributed by atoms with van der Waals surface area (Å²) in [6, 6.07) is 1.65. The Labute approximate surface area is 101 Å². The van der Waals surface area contributed by atoms with Gasteiger partial charge in [-0.15, -0.1) is 0 Å². The second kappa shape index (κ2) is 6.52. The molecule has 1 aromatic heterocycles. The van der Waals surface area contributed by atoms with E-state index in [0.29, 0.717) is 0 Å². The zero-order valence-corrected chi connectivity index (χ0v) is 10.6. The average Bonchev–Trinajstić information content (AvgIpc) is 2.33. The van der Waals surface area contributed by atoms with Crippen molar-refractivity contribution < 1.29 is 4.92 Å². The van der Waals surface area contributed by atoms with Crippen LogP contribution in [-0.4, -0.2) is 15.6 Å². The predicted octanol–water partition coefficient (Wildman–Crippen LogP) is 2.88. The van der Waals surface area contributed by atoms with E-state index < -0.39 is 10.6 Å². The topological polar surface area (TPSA) is 79.9 Å². The zero-order valence-electron chi connectivity index (χ0n) is 10.6. The van der Waals surface area contributed by atoms with Crippen LogP contribution in [0.1, 0.15) is 30.7 Å². The van der Waals surface area contributed by atoms with Crippen LogP contribution >= 0.6 is 0 Å². The molecule has 17 heavy (non-hydrogen) atoms. The summed E-state index contributed by atoms with van der Waals surface area (Å²) in [6.07, 6.45) is 1.59. The molecule has 0 bridgehead atoms. The fourth-order valence-corrected chi connectivity index (χ4v) is 1.00. The first-order chi connectivity index (χ1) is 7.93. The second-order valence-electron chi connectivity index (χ2n) is 3.23. The number of aryl methyl sites for hydroxylation is 2. The molecule has 5 heteroatoms. The quantitative estimate of drug-likeness (QED) is 0.497. The molecule has 0 spiro atoms. The molecule has 0 aliphatic heterocycles. The maximum absolute atomic E-state index is 10.4. The number of nitrogens with zero attached hydrogens (tertiary/aromatic N) is 2. The lowest BCUT2D eigenvalue weighted by molar-refractivity contribution is -0.414. The van der Waals surface area contributed by atoms with E-state index in [1.165, 1.54) is 0 Å². The third kappa shape index (κ3) is 3.79. The van der Waals surface area contributed by atoms with E-state index >= 15 is 0 Å². The molecule has 1 rings (SSSR count). The fourth-order valence-electron chi connectivity index (χ4n) is 1.00. The van der Waals surface area contributed by atoms with Gasteiger partial charge in [-0.05, 0) is 37.6 Å². The van der Waals surface area contributed by atoms with Crippen molar-refractivity contribution in [2.75, 3.05) is 0 Å². The van der Waals surface area contributed by atoms with Crippen LogP contribution in [0.2, 0.25) is 0 Å². The van der Waals surface area contributed by atoms with Gasteiger partial charge in [-0.3, -0.25) is 20.5 Å². The first kappa shape index (κ1) is 15.0. The Morgan fingerprint density at radius 3 is 2.35 bits per heavy atom. The Hall–Kier alpha value is -2.04. The summed E-state index contributed by atoms with van der Waals surface area (Å²) in [7, 11) is 0. The molecular weight excluding hydrogens is 218 g/mol. The highest BCUT2D eigenvalue weighted by Gasteiger charge is 2.17. The van der Waals surface area contributed by atoms with Gasteiger partial charge in [0.2, 0.25) is 0 Å². The number of hydrogen-bond donors (Lipinski definition) is 1. The van der Waals surface area contributed by atoms with E-state index in [2.05, 4.69) is 11.6 Å². The molecule has 0 fully saturated rings. The molecule has 0 unspecified atom stereocenters. The van der Waals surface area contributed by atoms with E-state index in [4.69, 9.17) is 5.41 Å². The van der Waals surface area contributed by atoms with E-state index in [9.17, 15) is 10.1 Å². The van der Waals surface area contributed by atoms with Crippen LogP contribution < -0.4 is 0 Å². The van der Waals surface area contributed by atoms with Gasteiger partial charge in [-0.2, -0.15) is 0 Å². The Kier molecular flexibility index (Phi) is 5.74. The van der Waals surface area contributed by atoms with Gasteiger partial charge in [0.15, 0.2) is 5.71 Å². The highest BCUT2D eigenvalue weighted by molar-refractivity contribution is 6.07. The maximum Gasteiger partial charge on any atom is 0.289 e. The standard InChI is InChI=1S/C10H11N3O2.C2H6/c1-6-4-9(12-5-7(6)2)10(11)8(3)13(14)15;1-2/h4-5,11H,3H2,1-2H3;1-2H3. The molecular formula is C12H17N3O2. The van der Waals surface area contributed by atoms with Gasteiger partial charge in [-0.25, -0.2) is 0 Å². The molecule has 0 amide bonds. The third-order valence-corrected chi connectivity index (χ3v) is 2.14. The number of allylic oxidation sites excluding steroid dienone is 1. The van der Waals surface area contributed by atoms with Crippen molar-refractivity contribution in [2.45, 2.75) is 27.7 Å². The molecule has 0 saturated heterocycles. The van der Waals surface area contributed by atoms with Gasteiger partial charge in [0.1, 0.15) is 0 Å². The summed E-state index contributed by atoms with van der Waals surface area (Å²) < 4.78 is 0. The molecule has 0 radical (unpaired) electrons. The highest BCUT2D eigenvalue weighted by Crippen LogP contribution is 2.10. The van der Waals surface area contributed by atoms with Gasteiger partial charge in [0, 0.05) is 6.20 Å². The number of hydrogen-bond acceptors (Lipinski definition) is 4. The summed E-state index contributed by atoms with van der Waals surface area (Å²) in [5.74, 6) is 0. The van der Waals surface area contributed by atoms with Crippen LogP contribution in [0.25, 0.3) is 0 Å². The average molecular weight is 235 g/mol. The van der Waals surface area contributed by atoms with E-state index in [1.54, 1.807) is 12.3 Å². The maximum atomic E-state index is 10.4. The van der Waals surface area contributed by atoms with E-state index in [-0.39, 0.29) is 11.4 Å². The Morgan fingerprint density at radius 2 is 1.94 bits per heavy atom. The minimum atomic E-state index is -0.681.